The van der Waals surface area contributed by atoms with Crippen LogP contribution in [0.2, 0.25) is 0 Å². The van der Waals surface area contributed by atoms with Crippen LogP contribution in [-0.4, -0.2) is 12.5 Å². The number of carbonyl (C=O) groups excluding carboxylic acids is 1. The Labute approximate surface area is 97.7 Å². The van der Waals surface area contributed by atoms with Gasteiger partial charge in [-0.1, -0.05) is 12.6 Å². The molecule has 2 nitrogen and oxygen atoms in total. The Morgan fingerprint density at radius 1 is 1.64 bits per heavy atom. The molecule has 3 heteroatoms. The first-order valence-corrected chi connectivity index (χ1v) is 5.46. The van der Waals surface area contributed by atoms with Gasteiger partial charge in [-0.05, 0) is 53.8 Å². The summed E-state index contributed by atoms with van der Waals surface area (Å²) < 4.78 is 1.12. The van der Waals surface area contributed by atoms with Crippen LogP contribution < -0.4 is 4.90 Å². The largest absolute Gasteiger partial charge is 0.309 e. The van der Waals surface area contributed by atoms with Gasteiger partial charge in [0.15, 0.2) is 0 Å². The Balaban J connectivity index is 3.00. The Hall–Kier alpha value is -0.840. The molecule has 1 amide bonds. The maximum atomic E-state index is 11.5. The second kappa shape index (κ2) is 5.14. The summed E-state index contributed by atoms with van der Waals surface area (Å²) >= 11 is 2.23. The highest BCUT2D eigenvalue weighted by Crippen LogP contribution is 2.17. The van der Waals surface area contributed by atoms with Gasteiger partial charge in [0, 0.05) is 15.8 Å². The number of anilines is 1. The molecule has 0 unspecified atom stereocenters. The van der Waals surface area contributed by atoms with E-state index in [2.05, 4.69) is 29.2 Å². The molecule has 0 spiro atoms. The molecule has 0 aromatic heterocycles. The van der Waals surface area contributed by atoms with Crippen LogP contribution in [0, 0.1) is 3.57 Å². The third kappa shape index (κ3) is 2.57. The van der Waals surface area contributed by atoms with Crippen LogP contribution in [-0.2, 0) is 4.79 Å². The Bertz CT molecular complexity index is 349. The molecular weight excluding hydrogens is 289 g/mol. The quantitative estimate of drug-likeness (QED) is 0.621. The third-order valence-corrected chi connectivity index (χ3v) is 2.55. The van der Waals surface area contributed by atoms with Crippen LogP contribution in [0.5, 0.6) is 0 Å². The lowest BCUT2D eigenvalue weighted by Crippen LogP contribution is -2.28. The molecule has 0 radical (unpaired) electrons. The maximum Gasteiger partial charge on any atom is 0.250 e. The van der Waals surface area contributed by atoms with E-state index in [4.69, 9.17) is 0 Å². The van der Waals surface area contributed by atoms with Gasteiger partial charge in [-0.2, -0.15) is 0 Å². The van der Waals surface area contributed by atoms with Gasteiger partial charge in [0.1, 0.15) is 0 Å². The zero-order chi connectivity index (χ0) is 10.6. The van der Waals surface area contributed by atoms with Crippen LogP contribution in [0.25, 0.3) is 0 Å². The number of hydrogen-bond acceptors (Lipinski definition) is 1. The summed E-state index contributed by atoms with van der Waals surface area (Å²) in [6.45, 7) is 6.09. The number of rotatable bonds is 3. The summed E-state index contributed by atoms with van der Waals surface area (Å²) in [5.74, 6) is -0.0606. The van der Waals surface area contributed by atoms with Crippen LogP contribution >= 0.6 is 22.6 Å². The molecule has 0 aliphatic carbocycles. The van der Waals surface area contributed by atoms with Crippen molar-refractivity contribution < 1.29 is 4.79 Å². The smallest absolute Gasteiger partial charge is 0.250 e. The van der Waals surface area contributed by atoms with Gasteiger partial charge in [0.2, 0.25) is 5.91 Å². The number of carbonyl (C=O) groups is 1. The van der Waals surface area contributed by atoms with Crippen molar-refractivity contribution in [2.75, 3.05) is 11.4 Å². The van der Waals surface area contributed by atoms with Gasteiger partial charge in [0.05, 0.1) is 0 Å². The molecule has 0 aliphatic rings. The third-order valence-electron chi connectivity index (χ3n) is 1.88. The summed E-state index contributed by atoms with van der Waals surface area (Å²) in [7, 11) is 0. The number of hydrogen-bond donors (Lipinski definition) is 0. The van der Waals surface area contributed by atoms with Crippen molar-refractivity contribution in [2.45, 2.75) is 6.92 Å². The fraction of sp³-hybridized carbons (Fsp3) is 0.182. The van der Waals surface area contributed by atoms with Gasteiger partial charge in [-0.3, -0.25) is 4.79 Å². The normalized spacial score (nSPS) is 9.57. The van der Waals surface area contributed by atoms with E-state index in [1.807, 2.05) is 31.2 Å². The monoisotopic (exact) mass is 301 g/mol. The van der Waals surface area contributed by atoms with Crippen LogP contribution in [0.3, 0.4) is 0 Å². The van der Waals surface area contributed by atoms with E-state index in [0.29, 0.717) is 6.54 Å². The second-order valence-electron chi connectivity index (χ2n) is 2.77. The fourth-order valence-electron chi connectivity index (χ4n) is 1.22. The van der Waals surface area contributed by atoms with Crippen LogP contribution in [0.15, 0.2) is 36.9 Å². The molecule has 1 aromatic carbocycles. The van der Waals surface area contributed by atoms with Crippen molar-refractivity contribution in [2.24, 2.45) is 0 Å². The van der Waals surface area contributed by atoms with Crippen LogP contribution in [0.1, 0.15) is 6.92 Å². The lowest BCUT2D eigenvalue weighted by molar-refractivity contribution is -0.114. The fourth-order valence-corrected chi connectivity index (χ4v) is 1.75. The SMILES string of the molecule is C=CC(=O)N(CC)c1cccc(I)c1. The molecule has 0 saturated heterocycles. The molecule has 74 valence electrons. The summed E-state index contributed by atoms with van der Waals surface area (Å²) in [6, 6.07) is 7.84. The van der Waals surface area contributed by atoms with Gasteiger partial charge < -0.3 is 4.90 Å². The molecule has 0 fully saturated rings. The number of amides is 1. The Morgan fingerprint density at radius 2 is 2.36 bits per heavy atom. The molecule has 0 N–H and O–H groups in total. The Morgan fingerprint density at radius 3 is 2.86 bits per heavy atom. The van der Waals surface area contributed by atoms with Crippen molar-refractivity contribution in [3.63, 3.8) is 0 Å². The number of nitrogens with zero attached hydrogens (tertiary/aromatic N) is 1. The van der Waals surface area contributed by atoms with E-state index >= 15 is 0 Å². The molecule has 0 aliphatic heterocycles. The highest BCUT2D eigenvalue weighted by Gasteiger charge is 2.09. The second-order valence-corrected chi connectivity index (χ2v) is 4.01. The van der Waals surface area contributed by atoms with Crippen molar-refractivity contribution in [1.29, 1.82) is 0 Å². The predicted molar refractivity (Wildman–Crippen MR) is 67.4 cm³/mol. The summed E-state index contributed by atoms with van der Waals surface area (Å²) in [5, 5.41) is 0. The zero-order valence-electron chi connectivity index (χ0n) is 8.03. The van der Waals surface area contributed by atoms with Crippen molar-refractivity contribution in [3.05, 3.63) is 40.5 Å². The van der Waals surface area contributed by atoms with E-state index in [0.717, 1.165) is 9.26 Å². The average molecular weight is 301 g/mol. The summed E-state index contributed by atoms with van der Waals surface area (Å²) in [5.41, 5.74) is 0.921. The summed E-state index contributed by atoms with van der Waals surface area (Å²) in [4.78, 5) is 13.1. The molecule has 1 rings (SSSR count). The number of halogens is 1. The lowest BCUT2D eigenvalue weighted by atomic mass is 10.3. The van der Waals surface area contributed by atoms with Crippen molar-refractivity contribution in [1.82, 2.24) is 0 Å². The zero-order valence-corrected chi connectivity index (χ0v) is 10.2. The average Bonchev–Trinajstić information content (AvgIpc) is 2.19. The molecule has 1 aromatic rings. The van der Waals surface area contributed by atoms with Gasteiger partial charge in [0.25, 0.3) is 0 Å². The highest BCUT2D eigenvalue weighted by atomic mass is 127. The predicted octanol–water partition coefficient (Wildman–Crippen LogP) is 2.83. The molecule has 0 saturated carbocycles. The summed E-state index contributed by atoms with van der Waals surface area (Å²) in [6.07, 6.45) is 1.34. The topological polar surface area (TPSA) is 20.3 Å². The molecule has 0 atom stereocenters. The van der Waals surface area contributed by atoms with Crippen LogP contribution in [0.4, 0.5) is 5.69 Å². The molecule has 0 bridgehead atoms. The highest BCUT2D eigenvalue weighted by molar-refractivity contribution is 14.1. The first kappa shape index (κ1) is 11.2. The van der Waals surface area contributed by atoms with Crippen molar-refractivity contribution >= 4 is 34.2 Å². The van der Waals surface area contributed by atoms with Crippen molar-refractivity contribution in [3.8, 4) is 0 Å². The first-order valence-electron chi connectivity index (χ1n) is 4.38. The van der Waals surface area contributed by atoms with E-state index in [1.165, 1.54) is 6.08 Å². The van der Waals surface area contributed by atoms with Gasteiger partial charge in [-0.15, -0.1) is 0 Å². The maximum absolute atomic E-state index is 11.5. The minimum Gasteiger partial charge on any atom is -0.309 e. The van der Waals surface area contributed by atoms with Gasteiger partial charge in [-0.25, -0.2) is 0 Å². The standard InChI is InChI=1S/C11H12INO/c1-3-11(14)13(4-2)10-7-5-6-9(12)8-10/h3,5-8H,1,4H2,2H3. The lowest BCUT2D eigenvalue weighted by Gasteiger charge is -2.19. The van der Waals surface area contributed by atoms with E-state index < -0.39 is 0 Å². The molecular formula is C11H12INO. The van der Waals surface area contributed by atoms with E-state index in [-0.39, 0.29) is 5.91 Å². The number of likely N-dealkylation sites (N-methyl/N-ethyl adjacent to an activating group) is 1. The molecule has 14 heavy (non-hydrogen) atoms. The van der Waals surface area contributed by atoms with E-state index in [1.54, 1.807) is 4.90 Å². The Kier molecular flexibility index (Phi) is 4.13. The van der Waals surface area contributed by atoms with E-state index in [9.17, 15) is 4.79 Å². The first-order chi connectivity index (χ1) is 6.69. The minimum atomic E-state index is -0.0606. The van der Waals surface area contributed by atoms with Gasteiger partial charge >= 0.3 is 0 Å². The molecule has 0 heterocycles. The number of benzene rings is 1. The minimum absolute atomic E-state index is 0.0606.